The van der Waals surface area contributed by atoms with E-state index in [1.165, 1.54) is 0 Å². The molecule has 2 rings (SSSR count). The highest BCUT2D eigenvalue weighted by Crippen LogP contribution is 2.21. The SMILES string of the molecule is CCC1COC(C)CN1c1n[nH]c(=S)n1CC. The zero-order chi connectivity index (χ0) is 12.4. The maximum Gasteiger partial charge on any atom is 0.226 e. The number of rotatable bonds is 3. The Balaban J connectivity index is 2.32. The van der Waals surface area contributed by atoms with E-state index in [1.807, 2.05) is 4.57 Å². The number of aromatic nitrogens is 3. The van der Waals surface area contributed by atoms with Crippen molar-refractivity contribution in [2.75, 3.05) is 18.1 Å². The molecule has 0 aliphatic carbocycles. The standard InChI is InChI=1S/C11H20N4OS/c1-4-9-7-16-8(3)6-15(9)10-12-13-11(17)14(10)5-2/h8-9H,4-7H2,1-3H3,(H,13,17). The highest BCUT2D eigenvalue weighted by atomic mass is 32.1. The Morgan fingerprint density at radius 1 is 1.53 bits per heavy atom. The van der Waals surface area contributed by atoms with Crippen LogP contribution in [-0.2, 0) is 11.3 Å². The zero-order valence-electron chi connectivity index (χ0n) is 10.6. The molecule has 1 aromatic heterocycles. The van der Waals surface area contributed by atoms with E-state index in [1.54, 1.807) is 0 Å². The van der Waals surface area contributed by atoms with Gasteiger partial charge in [-0.1, -0.05) is 6.92 Å². The molecule has 0 bridgehead atoms. The Morgan fingerprint density at radius 3 is 2.94 bits per heavy atom. The van der Waals surface area contributed by atoms with E-state index in [4.69, 9.17) is 17.0 Å². The van der Waals surface area contributed by atoms with E-state index in [0.717, 1.165) is 32.1 Å². The fourth-order valence-electron chi connectivity index (χ4n) is 2.24. The molecule has 1 fully saturated rings. The van der Waals surface area contributed by atoms with E-state index in [2.05, 4.69) is 35.9 Å². The molecule has 1 N–H and O–H groups in total. The van der Waals surface area contributed by atoms with Crippen molar-refractivity contribution in [3.8, 4) is 0 Å². The summed E-state index contributed by atoms with van der Waals surface area (Å²) < 4.78 is 8.43. The van der Waals surface area contributed by atoms with Gasteiger partial charge in [-0.3, -0.25) is 4.57 Å². The quantitative estimate of drug-likeness (QED) is 0.840. The summed E-state index contributed by atoms with van der Waals surface area (Å²) in [5.41, 5.74) is 0. The van der Waals surface area contributed by atoms with Gasteiger partial charge in [-0.05, 0) is 32.5 Å². The highest BCUT2D eigenvalue weighted by molar-refractivity contribution is 7.71. The normalized spacial score (nSPS) is 25.2. The lowest BCUT2D eigenvalue weighted by atomic mass is 10.1. The van der Waals surface area contributed by atoms with E-state index < -0.39 is 0 Å². The van der Waals surface area contributed by atoms with Crippen LogP contribution < -0.4 is 4.90 Å². The van der Waals surface area contributed by atoms with Crippen LogP contribution in [0.25, 0.3) is 0 Å². The summed E-state index contributed by atoms with van der Waals surface area (Å²) in [5, 5.41) is 7.24. The molecule has 1 aliphatic rings. The molecule has 1 aromatic rings. The Morgan fingerprint density at radius 2 is 2.29 bits per heavy atom. The van der Waals surface area contributed by atoms with Gasteiger partial charge in [0, 0.05) is 13.1 Å². The van der Waals surface area contributed by atoms with Crippen LogP contribution in [0.5, 0.6) is 0 Å². The number of nitrogens with one attached hydrogen (secondary N) is 1. The van der Waals surface area contributed by atoms with Gasteiger partial charge in [0.1, 0.15) is 0 Å². The minimum atomic E-state index is 0.244. The number of anilines is 1. The molecule has 1 saturated heterocycles. The molecule has 96 valence electrons. The van der Waals surface area contributed by atoms with Crippen molar-refractivity contribution < 1.29 is 4.74 Å². The molecule has 0 spiro atoms. The zero-order valence-corrected chi connectivity index (χ0v) is 11.5. The van der Waals surface area contributed by atoms with Gasteiger partial charge in [-0.2, -0.15) is 0 Å². The van der Waals surface area contributed by atoms with Crippen molar-refractivity contribution in [1.82, 2.24) is 14.8 Å². The van der Waals surface area contributed by atoms with Crippen LogP contribution in [0.2, 0.25) is 0 Å². The lowest BCUT2D eigenvalue weighted by Crippen LogP contribution is -2.49. The first-order valence-electron chi connectivity index (χ1n) is 6.20. The highest BCUT2D eigenvalue weighted by Gasteiger charge is 2.28. The molecule has 0 amide bonds. The first-order valence-corrected chi connectivity index (χ1v) is 6.61. The number of hydrogen-bond acceptors (Lipinski definition) is 4. The molecular weight excluding hydrogens is 236 g/mol. The number of hydrogen-bond donors (Lipinski definition) is 1. The van der Waals surface area contributed by atoms with Crippen LogP contribution in [0.15, 0.2) is 0 Å². The number of nitrogens with zero attached hydrogens (tertiary/aromatic N) is 3. The Kier molecular flexibility index (Phi) is 3.83. The second-order valence-corrected chi connectivity index (χ2v) is 4.82. The molecular formula is C11H20N4OS. The molecule has 17 heavy (non-hydrogen) atoms. The Hall–Kier alpha value is -0.880. The van der Waals surface area contributed by atoms with Gasteiger partial charge in [-0.25, -0.2) is 5.10 Å². The van der Waals surface area contributed by atoms with Gasteiger partial charge in [-0.15, -0.1) is 5.10 Å². The van der Waals surface area contributed by atoms with Crippen molar-refractivity contribution in [3.63, 3.8) is 0 Å². The second-order valence-electron chi connectivity index (χ2n) is 4.43. The number of ether oxygens (including phenoxy) is 1. The summed E-state index contributed by atoms with van der Waals surface area (Å²) in [7, 11) is 0. The molecule has 2 heterocycles. The van der Waals surface area contributed by atoms with Crippen LogP contribution in [0, 0.1) is 4.77 Å². The van der Waals surface area contributed by atoms with Crippen LogP contribution in [0.4, 0.5) is 5.95 Å². The third-order valence-corrected chi connectivity index (χ3v) is 3.56. The molecule has 5 nitrogen and oxygen atoms in total. The number of H-pyrrole nitrogens is 1. The first-order chi connectivity index (χ1) is 8.17. The smallest absolute Gasteiger partial charge is 0.226 e. The van der Waals surface area contributed by atoms with Crippen molar-refractivity contribution in [2.24, 2.45) is 0 Å². The molecule has 6 heteroatoms. The Bertz CT molecular complexity index is 427. The fourth-order valence-corrected chi connectivity index (χ4v) is 2.50. The van der Waals surface area contributed by atoms with Crippen LogP contribution in [0.3, 0.4) is 0 Å². The van der Waals surface area contributed by atoms with E-state index in [9.17, 15) is 0 Å². The topological polar surface area (TPSA) is 46.1 Å². The van der Waals surface area contributed by atoms with Crippen molar-refractivity contribution in [3.05, 3.63) is 4.77 Å². The predicted octanol–water partition coefficient (Wildman–Crippen LogP) is 1.96. The van der Waals surface area contributed by atoms with Gasteiger partial charge < -0.3 is 9.64 Å². The van der Waals surface area contributed by atoms with E-state index in [-0.39, 0.29) is 6.10 Å². The third-order valence-electron chi connectivity index (χ3n) is 3.25. The molecule has 0 saturated carbocycles. The average Bonchev–Trinajstić information content (AvgIpc) is 2.70. The van der Waals surface area contributed by atoms with Gasteiger partial charge in [0.2, 0.25) is 5.95 Å². The van der Waals surface area contributed by atoms with Crippen LogP contribution in [-0.4, -0.2) is 40.1 Å². The average molecular weight is 256 g/mol. The summed E-state index contributed by atoms with van der Waals surface area (Å²) in [6.07, 6.45) is 1.30. The van der Waals surface area contributed by atoms with E-state index in [0.29, 0.717) is 10.8 Å². The molecule has 0 aromatic carbocycles. The fraction of sp³-hybridized carbons (Fsp3) is 0.818. The predicted molar refractivity (Wildman–Crippen MR) is 69.9 cm³/mol. The van der Waals surface area contributed by atoms with Gasteiger partial charge in [0.05, 0.1) is 18.8 Å². The largest absolute Gasteiger partial charge is 0.375 e. The first kappa shape index (κ1) is 12.6. The lowest BCUT2D eigenvalue weighted by Gasteiger charge is -2.38. The van der Waals surface area contributed by atoms with Gasteiger partial charge in [0.25, 0.3) is 0 Å². The summed E-state index contributed by atoms with van der Waals surface area (Å²) in [5.74, 6) is 0.944. The summed E-state index contributed by atoms with van der Waals surface area (Å²) in [6.45, 7) is 8.83. The summed E-state index contributed by atoms with van der Waals surface area (Å²) in [6, 6.07) is 0.390. The monoisotopic (exact) mass is 256 g/mol. The minimum absolute atomic E-state index is 0.244. The summed E-state index contributed by atoms with van der Waals surface area (Å²) in [4.78, 5) is 2.31. The maximum atomic E-state index is 5.70. The maximum absolute atomic E-state index is 5.70. The number of morpholine rings is 1. The van der Waals surface area contributed by atoms with Crippen LogP contribution in [0.1, 0.15) is 27.2 Å². The van der Waals surface area contributed by atoms with Crippen molar-refractivity contribution in [2.45, 2.75) is 45.9 Å². The van der Waals surface area contributed by atoms with Crippen molar-refractivity contribution >= 4 is 18.2 Å². The lowest BCUT2D eigenvalue weighted by molar-refractivity contribution is 0.0289. The molecule has 0 radical (unpaired) electrons. The summed E-state index contributed by atoms with van der Waals surface area (Å²) >= 11 is 5.23. The van der Waals surface area contributed by atoms with E-state index >= 15 is 0 Å². The van der Waals surface area contributed by atoms with Crippen molar-refractivity contribution in [1.29, 1.82) is 0 Å². The van der Waals surface area contributed by atoms with Crippen LogP contribution >= 0.6 is 12.2 Å². The number of aromatic amines is 1. The molecule has 1 aliphatic heterocycles. The minimum Gasteiger partial charge on any atom is -0.375 e. The molecule has 2 atom stereocenters. The third kappa shape index (κ3) is 2.37. The van der Waals surface area contributed by atoms with Gasteiger partial charge in [0.15, 0.2) is 4.77 Å². The van der Waals surface area contributed by atoms with Gasteiger partial charge >= 0.3 is 0 Å². The molecule has 2 unspecified atom stereocenters. The Labute approximate surface area is 107 Å². The second kappa shape index (κ2) is 5.18.